The van der Waals surface area contributed by atoms with Crippen molar-refractivity contribution in [1.82, 2.24) is 4.90 Å². The van der Waals surface area contributed by atoms with E-state index < -0.39 is 23.1 Å². The summed E-state index contributed by atoms with van der Waals surface area (Å²) in [6.45, 7) is 7.07. The van der Waals surface area contributed by atoms with Crippen molar-refractivity contribution in [2.75, 3.05) is 6.54 Å². The summed E-state index contributed by atoms with van der Waals surface area (Å²) in [6.07, 6.45) is 3.17. The Morgan fingerprint density at radius 2 is 2.00 bits per heavy atom. The summed E-state index contributed by atoms with van der Waals surface area (Å²) in [6, 6.07) is 0. The summed E-state index contributed by atoms with van der Waals surface area (Å²) in [4.78, 5) is 24.2. The van der Waals surface area contributed by atoms with Crippen LogP contribution in [0, 0.1) is 5.41 Å². The molecule has 0 radical (unpaired) electrons. The zero-order valence-electron chi connectivity index (χ0n) is 10.7. The molecule has 1 aliphatic rings. The zero-order valence-corrected chi connectivity index (χ0v) is 10.7. The van der Waals surface area contributed by atoms with Crippen LogP contribution in [0.4, 0.5) is 4.79 Å². The van der Waals surface area contributed by atoms with Crippen molar-refractivity contribution in [2.45, 2.75) is 39.7 Å². The largest absolute Gasteiger partial charge is 0.481 e. The first-order chi connectivity index (χ1) is 7.64. The van der Waals surface area contributed by atoms with Crippen LogP contribution in [0.2, 0.25) is 0 Å². The SMILES string of the molecule is CC(C)(C)OC(=O)N1C=CC[C@@](C)(C(=O)O)C1. The van der Waals surface area contributed by atoms with Gasteiger partial charge in [-0.05, 0) is 34.1 Å². The van der Waals surface area contributed by atoms with E-state index in [1.165, 1.54) is 4.90 Å². The lowest BCUT2D eigenvalue weighted by Gasteiger charge is -2.34. The fourth-order valence-electron chi connectivity index (χ4n) is 1.53. The highest BCUT2D eigenvalue weighted by Crippen LogP contribution is 2.28. The Labute approximate surface area is 101 Å². The van der Waals surface area contributed by atoms with Gasteiger partial charge in [-0.3, -0.25) is 9.69 Å². The van der Waals surface area contributed by atoms with Gasteiger partial charge < -0.3 is 9.84 Å². The summed E-state index contributed by atoms with van der Waals surface area (Å²) < 4.78 is 5.19. The van der Waals surface area contributed by atoms with Gasteiger partial charge in [0.1, 0.15) is 5.60 Å². The van der Waals surface area contributed by atoms with Gasteiger partial charge in [0, 0.05) is 12.7 Å². The van der Waals surface area contributed by atoms with E-state index in [0.29, 0.717) is 6.42 Å². The van der Waals surface area contributed by atoms with E-state index in [4.69, 9.17) is 9.84 Å². The summed E-state index contributed by atoms with van der Waals surface area (Å²) in [5.41, 5.74) is -1.52. The highest BCUT2D eigenvalue weighted by atomic mass is 16.6. The minimum Gasteiger partial charge on any atom is -0.481 e. The van der Waals surface area contributed by atoms with Gasteiger partial charge in [0.15, 0.2) is 0 Å². The molecule has 1 N–H and O–H groups in total. The van der Waals surface area contributed by atoms with Crippen molar-refractivity contribution in [2.24, 2.45) is 5.41 Å². The maximum atomic E-state index is 11.8. The predicted octanol–water partition coefficient (Wildman–Crippen LogP) is 2.23. The molecule has 0 saturated carbocycles. The van der Waals surface area contributed by atoms with Gasteiger partial charge >= 0.3 is 12.1 Å². The molecule has 0 aromatic heterocycles. The Bertz CT molecular complexity index is 356. The summed E-state index contributed by atoms with van der Waals surface area (Å²) >= 11 is 0. The number of ether oxygens (including phenoxy) is 1. The molecule has 96 valence electrons. The van der Waals surface area contributed by atoms with E-state index in [1.54, 1.807) is 40.0 Å². The second-order valence-electron chi connectivity index (χ2n) is 5.56. The van der Waals surface area contributed by atoms with Crippen molar-refractivity contribution in [1.29, 1.82) is 0 Å². The first-order valence-corrected chi connectivity index (χ1v) is 5.54. The molecule has 1 amide bonds. The lowest BCUT2D eigenvalue weighted by Crippen LogP contribution is -2.45. The molecule has 5 heteroatoms. The van der Waals surface area contributed by atoms with Crippen molar-refractivity contribution in [3.63, 3.8) is 0 Å². The molecule has 0 bridgehead atoms. The Kier molecular flexibility index (Phi) is 3.50. The van der Waals surface area contributed by atoms with Gasteiger partial charge in [-0.15, -0.1) is 0 Å². The number of amides is 1. The molecule has 1 rings (SSSR count). The molecule has 0 aliphatic carbocycles. The molecule has 0 aromatic carbocycles. The van der Waals surface area contributed by atoms with E-state index in [1.807, 2.05) is 0 Å². The van der Waals surface area contributed by atoms with Crippen LogP contribution in [-0.2, 0) is 9.53 Å². The molecule has 5 nitrogen and oxygen atoms in total. The van der Waals surface area contributed by atoms with Gasteiger partial charge in [0.2, 0.25) is 0 Å². The fraction of sp³-hybridized carbons (Fsp3) is 0.667. The Balaban J connectivity index is 2.75. The van der Waals surface area contributed by atoms with Crippen LogP contribution in [0.25, 0.3) is 0 Å². The summed E-state index contributed by atoms with van der Waals surface area (Å²) in [7, 11) is 0. The van der Waals surface area contributed by atoms with Gasteiger partial charge in [-0.2, -0.15) is 0 Å². The number of carbonyl (C=O) groups excluding carboxylic acids is 1. The third-order valence-corrected chi connectivity index (χ3v) is 2.52. The highest BCUT2D eigenvalue weighted by molar-refractivity contribution is 5.77. The predicted molar refractivity (Wildman–Crippen MR) is 62.4 cm³/mol. The maximum Gasteiger partial charge on any atom is 0.414 e. The molecular weight excluding hydrogens is 222 g/mol. The quantitative estimate of drug-likeness (QED) is 0.764. The van der Waals surface area contributed by atoms with Crippen LogP contribution in [-0.4, -0.2) is 34.2 Å². The van der Waals surface area contributed by atoms with E-state index in [-0.39, 0.29) is 6.54 Å². The summed E-state index contributed by atoms with van der Waals surface area (Å²) in [5.74, 6) is -0.907. The maximum absolute atomic E-state index is 11.8. The first kappa shape index (κ1) is 13.5. The van der Waals surface area contributed by atoms with Crippen molar-refractivity contribution in [3.8, 4) is 0 Å². The lowest BCUT2D eigenvalue weighted by atomic mass is 9.84. The van der Waals surface area contributed by atoms with Crippen LogP contribution < -0.4 is 0 Å². The number of rotatable bonds is 1. The van der Waals surface area contributed by atoms with Crippen LogP contribution in [0.3, 0.4) is 0 Å². The van der Waals surface area contributed by atoms with E-state index >= 15 is 0 Å². The number of nitrogens with zero attached hydrogens (tertiary/aromatic N) is 1. The van der Waals surface area contributed by atoms with E-state index in [2.05, 4.69) is 0 Å². The molecule has 0 fully saturated rings. The van der Waals surface area contributed by atoms with Crippen molar-refractivity contribution < 1.29 is 19.4 Å². The molecule has 1 atom stereocenters. The minimum atomic E-state index is -0.939. The topological polar surface area (TPSA) is 66.8 Å². The number of hydrogen-bond donors (Lipinski definition) is 1. The number of hydrogen-bond acceptors (Lipinski definition) is 3. The zero-order chi connectivity index (χ0) is 13.3. The molecule has 0 aromatic rings. The van der Waals surface area contributed by atoms with Crippen LogP contribution in [0.5, 0.6) is 0 Å². The van der Waals surface area contributed by atoms with Crippen LogP contribution in [0.15, 0.2) is 12.3 Å². The van der Waals surface area contributed by atoms with Gasteiger partial charge in [-0.25, -0.2) is 4.79 Å². The van der Waals surface area contributed by atoms with Crippen LogP contribution in [0.1, 0.15) is 34.1 Å². The molecule has 0 saturated heterocycles. The van der Waals surface area contributed by atoms with Gasteiger partial charge in [0.05, 0.1) is 5.41 Å². The normalized spacial score (nSPS) is 24.6. The molecular formula is C12H19NO4. The molecule has 17 heavy (non-hydrogen) atoms. The van der Waals surface area contributed by atoms with Crippen LogP contribution >= 0.6 is 0 Å². The first-order valence-electron chi connectivity index (χ1n) is 5.54. The van der Waals surface area contributed by atoms with E-state index in [9.17, 15) is 9.59 Å². The molecule has 0 unspecified atom stereocenters. The Hall–Kier alpha value is -1.52. The standard InChI is InChI=1S/C12H19NO4/c1-11(2,3)17-10(16)13-7-5-6-12(4,8-13)9(14)15/h5,7H,6,8H2,1-4H3,(H,14,15)/t12-/m1/s1. The van der Waals surface area contributed by atoms with E-state index in [0.717, 1.165) is 0 Å². The minimum absolute atomic E-state index is 0.133. The number of carboxylic acid groups (broad SMARTS) is 1. The third-order valence-electron chi connectivity index (χ3n) is 2.52. The van der Waals surface area contributed by atoms with Gasteiger partial charge in [0.25, 0.3) is 0 Å². The Morgan fingerprint density at radius 3 is 2.47 bits per heavy atom. The highest BCUT2D eigenvalue weighted by Gasteiger charge is 2.38. The monoisotopic (exact) mass is 241 g/mol. The molecule has 1 aliphatic heterocycles. The smallest absolute Gasteiger partial charge is 0.414 e. The molecule has 0 spiro atoms. The second kappa shape index (κ2) is 4.39. The average molecular weight is 241 g/mol. The lowest BCUT2D eigenvalue weighted by molar-refractivity contribution is -0.148. The molecule has 1 heterocycles. The van der Waals surface area contributed by atoms with Crippen molar-refractivity contribution in [3.05, 3.63) is 12.3 Å². The number of aliphatic carboxylic acids is 1. The number of allylic oxidation sites excluding steroid dienone is 1. The third kappa shape index (κ3) is 3.47. The Morgan fingerprint density at radius 1 is 1.41 bits per heavy atom. The second-order valence-corrected chi connectivity index (χ2v) is 5.56. The number of carbonyl (C=O) groups is 2. The average Bonchev–Trinajstić information content (AvgIpc) is 2.15. The van der Waals surface area contributed by atoms with Crippen molar-refractivity contribution >= 4 is 12.1 Å². The van der Waals surface area contributed by atoms with Gasteiger partial charge in [-0.1, -0.05) is 6.08 Å². The number of carboxylic acids is 1. The fourth-order valence-corrected chi connectivity index (χ4v) is 1.53. The summed E-state index contributed by atoms with van der Waals surface area (Å²) in [5, 5.41) is 9.12.